The minimum atomic E-state index is -1.10. The second-order valence-electron chi connectivity index (χ2n) is 11.2. The Hall–Kier alpha value is -5.74. The summed E-state index contributed by atoms with van der Waals surface area (Å²) in [6, 6.07) is 41.1. The Kier molecular flexibility index (Phi) is 10.8. The molecule has 0 fully saturated rings. The number of amides is 1. The first kappa shape index (κ1) is 33.2. The summed E-state index contributed by atoms with van der Waals surface area (Å²) in [7, 11) is 0. The molecular formula is C39H35N5O4S. The Bertz CT molecular complexity index is 2010. The maximum absolute atomic E-state index is 13.9. The fourth-order valence-electron chi connectivity index (χ4n) is 5.31. The number of ether oxygens (including phenoxy) is 1. The zero-order valence-corrected chi connectivity index (χ0v) is 27.8. The standard InChI is InChI=1S/C39H35N5O4S/c1-2-48-38(46)34(40-37(45)35-23-32(30-19-11-5-12-20-30)41-43(35)25-28-15-7-3-8-16-28)27-49-39(47)36-24-33(31-21-13-6-14-22-31)42-44(36)26-29-17-9-4-10-18-29/h3-24,34H,2,25-27H2,1H3,(H,40,45). The highest BCUT2D eigenvalue weighted by molar-refractivity contribution is 8.14. The van der Waals surface area contributed by atoms with E-state index in [0.29, 0.717) is 30.2 Å². The second-order valence-corrected chi connectivity index (χ2v) is 12.2. The summed E-state index contributed by atoms with van der Waals surface area (Å²) in [5, 5.41) is 12.0. The van der Waals surface area contributed by atoms with Crippen LogP contribution in [0.3, 0.4) is 0 Å². The van der Waals surface area contributed by atoms with Crippen molar-refractivity contribution in [2.45, 2.75) is 26.1 Å². The Morgan fingerprint density at radius 3 is 1.61 bits per heavy atom. The van der Waals surface area contributed by atoms with E-state index in [0.717, 1.165) is 34.0 Å². The number of benzene rings is 4. The molecule has 2 aromatic heterocycles. The van der Waals surface area contributed by atoms with Gasteiger partial charge < -0.3 is 10.1 Å². The number of hydrogen-bond donors (Lipinski definition) is 1. The summed E-state index contributed by atoms with van der Waals surface area (Å²) < 4.78 is 8.63. The SMILES string of the molecule is CCOC(=O)C(CSC(=O)c1cc(-c2ccccc2)nn1Cc1ccccc1)NC(=O)c1cc(-c2ccccc2)nn1Cc1ccccc1. The molecule has 1 atom stereocenters. The van der Waals surface area contributed by atoms with Crippen molar-refractivity contribution in [3.05, 3.63) is 156 Å². The Morgan fingerprint density at radius 2 is 1.12 bits per heavy atom. The lowest BCUT2D eigenvalue weighted by Gasteiger charge is -2.17. The highest BCUT2D eigenvalue weighted by Crippen LogP contribution is 2.24. The molecule has 0 saturated heterocycles. The maximum atomic E-state index is 13.9. The van der Waals surface area contributed by atoms with Crippen LogP contribution in [0.5, 0.6) is 0 Å². The fourth-order valence-corrected chi connectivity index (χ4v) is 6.16. The first-order valence-corrected chi connectivity index (χ1v) is 17.0. The molecule has 2 heterocycles. The molecule has 0 aliphatic rings. The van der Waals surface area contributed by atoms with Gasteiger partial charge in [-0.15, -0.1) is 0 Å². The maximum Gasteiger partial charge on any atom is 0.329 e. The monoisotopic (exact) mass is 669 g/mol. The van der Waals surface area contributed by atoms with E-state index in [1.54, 1.807) is 28.4 Å². The predicted molar refractivity (Wildman–Crippen MR) is 191 cm³/mol. The van der Waals surface area contributed by atoms with Gasteiger partial charge in [0.05, 0.1) is 31.1 Å². The van der Waals surface area contributed by atoms with Gasteiger partial charge in [0, 0.05) is 16.9 Å². The van der Waals surface area contributed by atoms with E-state index in [9.17, 15) is 14.4 Å². The van der Waals surface area contributed by atoms with E-state index in [1.807, 2.05) is 121 Å². The quantitative estimate of drug-likeness (QED) is 0.136. The van der Waals surface area contributed by atoms with Crippen LogP contribution >= 0.6 is 11.8 Å². The first-order chi connectivity index (χ1) is 24.0. The Morgan fingerprint density at radius 1 is 0.673 bits per heavy atom. The topological polar surface area (TPSA) is 108 Å². The molecule has 1 amide bonds. The van der Waals surface area contributed by atoms with Crippen molar-refractivity contribution >= 4 is 28.8 Å². The Balaban J connectivity index is 1.24. The van der Waals surface area contributed by atoms with Crippen LogP contribution in [0.2, 0.25) is 0 Å². The van der Waals surface area contributed by atoms with Crippen molar-refractivity contribution in [1.29, 1.82) is 0 Å². The van der Waals surface area contributed by atoms with Crippen molar-refractivity contribution in [3.63, 3.8) is 0 Å². The molecule has 0 bridgehead atoms. The van der Waals surface area contributed by atoms with Gasteiger partial charge in [-0.3, -0.25) is 19.0 Å². The molecule has 4 aromatic carbocycles. The molecule has 1 N–H and O–H groups in total. The van der Waals surface area contributed by atoms with Gasteiger partial charge >= 0.3 is 5.97 Å². The van der Waals surface area contributed by atoms with Crippen molar-refractivity contribution in [2.75, 3.05) is 12.4 Å². The van der Waals surface area contributed by atoms with Gasteiger partial charge in [0.2, 0.25) is 5.12 Å². The Labute approximate surface area is 288 Å². The first-order valence-electron chi connectivity index (χ1n) is 16.0. The molecule has 9 nitrogen and oxygen atoms in total. The smallest absolute Gasteiger partial charge is 0.329 e. The van der Waals surface area contributed by atoms with Crippen LogP contribution in [0.4, 0.5) is 0 Å². The number of rotatable bonds is 13. The van der Waals surface area contributed by atoms with Crippen LogP contribution in [-0.4, -0.2) is 55.0 Å². The summed E-state index contributed by atoms with van der Waals surface area (Å²) in [6.07, 6.45) is 0. The van der Waals surface area contributed by atoms with Crippen LogP contribution in [0.15, 0.2) is 133 Å². The third-order valence-electron chi connectivity index (χ3n) is 7.75. The van der Waals surface area contributed by atoms with Crippen molar-refractivity contribution in [3.8, 4) is 22.5 Å². The normalized spacial score (nSPS) is 11.5. The third kappa shape index (κ3) is 8.41. The minimum Gasteiger partial charge on any atom is -0.464 e. The lowest BCUT2D eigenvalue weighted by molar-refractivity contribution is -0.144. The number of carbonyl (C=O) groups excluding carboxylic acids is 3. The summed E-state index contributed by atoms with van der Waals surface area (Å²) in [5.41, 5.74) is 5.64. The summed E-state index contributed by atoms with van der Waals surface area (Å²) in [5.74, 6) is -1.17. The molecule has 246 valence electrons. The van der Waals surface area contributed by atoms with Gasteiger partial charge in [-0.05, 0) is 30.2 Å². The van der Waals surface area contributed by atoms with Crippen LogP contribution in [0, 0.1) is 0 Å². The van der Waals surface area contributed by atoms with E-state index in [2.05, 4.69) is 5.32 Å². The van der Waals surface area contributed by atoms with E-state index in [1.165, 1.54) is 0 Å². The average molecular weight is 670 g/mol. The number of aromatic nitrogens is 4. The molecule has 0 radical (unpaired) electrons. The van der Waals surface area contributed by atoms with E-state index < -0.39 is 17.9 Å². The zero-order chi connectivity index (χ0) is 34.0. The molecule has 0 saturated carbocycles. The number of nitrogens with one attached hydrogen (secondary N) is 1. The molecular weight excluding hydrogens is 635 g/mol. The largest absolute Gasteiger partial charge is 0.464 e. The highest BCUT2D eigenvalue weighted by Gasteiger charge is 2.28. The number of esters is 1. The second kappa shape index (κ2) is 15.9. The van der Waals surface area contributed by atoms with E-state index >= 15 is 0 Å². The molecule has 10 heteroatoms. The number of carbonyl (C=O) groups is 3. The molecule has 6 rings (SSSR count). The van der Waals surface area contributed by atoms with Gasteiger partial charge in [0.1, 0.15) is 17.4 Å². The van der Waals surface area contributed by atoms with Gasteiger partial charge in [0.15, 0.2) is 0 Å². The summed E-state index contributed by atoms with van der Waals surface area (Å²) in [4.78, 5) is 40.8. The zero-order valence-electron chi connectivity index (χ0n) is 26.9. The highest BCUT2D eigenvalue weighted by atomic mass is 32.2. The van der Waals surface area contributed by atoms with E-state index in [4.69, 9.17) is 14.9 Å². The van der Waals surface area contributed by atoms with Crippen LogP contribution in [0.1, 0.15) is 39.0 Å². The lowest BCUT2D eigenvalue weighted by atomic mass is 10.1. The van der Waals surface area contributed by atoms with Gasteiger partial charge in [-0.25, -0.2) is 4.79 Å². The van der Waals surface area contributed by atoms with Crippen molar-refractivity contribution in [1.82, 2.24) is 24.9 Å². The molecule has 0 aliphatic heterocycles. The number of nitrogens with zero attached hydrogens (tertiary/aromatic N) is 4. The van der Waals surface area contributed by atoms with Gasteiger partial charge in [0.25, 0.3) is 5.91 Å². The minimum absolute atomic E-state index is 0.0427. The number of hydrogen-bond acceptors (Lipinski definition) is 7. The molecule has 0 aliphatic carbocycles. The fraction of sp³-hybridized carbons (Fsp3) is 0.154. The molecule has 1 unspecified atom stereocenters. The van der Waals surface area contributed by atoms with Crippen molar-refractivity contribution < 1.29 is 19.1 Å². The summed E-state index contributed by atoms with van der Waals surface area (Å²) in [6.45, 7) is 2.56. The van der Waals surface area contributed by atoms with Crippen molar-refractivity contribution in [2.24, 2.45) is 0 Å². The van der Waals surface area contributed by atoms with E-state index in [-0.39, 0.29) is 23.2 Å². The number of thioether (sulfide) groups is 1. The predicted octanol–water partition coefficient (Wildman–Crippen LogP) is 6.75. The van der Waals surface area contributed by atoms with Crippen LogP contribution < -0.4 is 5.32 Å². The molecule has 0 spiro atoms. The van der Waals surface area contributed by atoms with Gasteiger partial charge in [-0.1, -0.05) is 133 Å². The lowest BCUT2D eigenvalue weighted by Crippen LogP contribution is -2.44. The summed E-state index contributed by atoms with van der Waals surface area (Å²) >= 11 is 0.933. The third-order valence-corrected chi connectivity index (χ3v) is 8.72. The average Bonchev–Trinajstić information content (AvgIpc) is 3.76. The molecule has 6 aromatic rings. The molecule has 49 heavy (non-hydrogen) atoms. The van der Waals surface area contributed by atoms with Gasteiger partial charge in [-0.2, -0.15) is 10.2 Å². The van der Waals surface area contributed by atoms with Crippen LogP contribution in [0.25, 0.3) is 22.5 Å². The van der Waals surface area contributed by atoms with Crippen LogP contribution in [-0.2, 0) is 22.6 Å².